The van der Waals surface area contributed by atoms with Crippen LogP contribution in [0.5, 0.6) is 0 Å². The Hall–Kier alpha value is 0.651. The van der Waals surface area contributed by atoms with E-state index in [1.807, 2.05) is 0 Å². The summed E-state index contributed by atoms with van der Waals surface area (Å²) in [6.45, 7) is 14.6. The lowest BCUT2D eigenvalue weighted by Gasteiger charge is -2.46. The normalized spacial score (nSPS) is 14.4. The molecular weight excluding hydrogens is 168 g/mol. The molecule has 60 valence electrons. The first kappa shape index (κ1) is 10.7. The maximum Gasteiger partial charge on any atom is 0.00697 e. The average Bonchev–Trinajstić information content (AvgIpc) is 1.59. The molecule has 0 amide bonds. The van der Waals surface area contributed by atoms with Crippen molar-refractivity contribution in [1.29, 1.82) is 0 Å². The maximum absolute atomic E-state index is 3.89. The molecule has 0 unspecified atom stereocenters. The Morgan fingerprint density at radius 1 is 0.800 bits per heavy atom. The molecule has 0 saturated heterocycles. The van der Waals surface area contributed by atoms with Gasteiger partial charge in [0.05, 0.1) is 0 Å². The van der Waals surface area contributed by atoms with Crippen LogP contribution in [0.2, 0.25) is 44.1 Å². The Labute approximate surface area is 70.9 Å². The molecular formula is C7H19Si3-. The van der Waals surface area contributed by atoms with E-state index in [1.165, 1.54) is 0 Å². The Kier molecular flexibility index (Phi) is 3.14. The molecule has 0 aliphatic rings. The molecule has 0 aliphatic heterocycles. The van der Waals surface area contributed by atoms with Crippen LogP contribution in [0, 0.1) is 0 Å². The molecule has 0 N–H and O–H groups in total. The molecule has 0 heterocycles. The summed E-state index contributed by atoms with van der Waals surface area (Å²) >= 11 is 0. The Balaban J connectivity index is 4.23. The highest BCUT2D eigenvalue weighted by molar-refractivity contribution is 7.02. The van der Waals surface area contributed by atoms with Gasteiger partial charge in [0.15, 0.2) is 0 Å². The van der Waals surface area contributed by atoms with Gasteiger partial charge in [-0.15, -0.1) is 0 Å². The molecule has 3 heteroatoms. The second kappa shape index (κ2) is 2.95. The zero-order valence-electron chi connectivity index (χ0n) is 8.08. The highest BCUT2D eigenvalue weighted by Gasteiger charge is 2.24. The van der Waals surface area contributed by atoms with Gasteiger partial charge in [-0.25, -0.2) is 4.79 Å². The van der Waals surface area contributed by atoms with Crippen LogP contribution in [0.4, 0.5) is 0 Å². The predicted octanol–water partition coefficient (Wildman–Crippen LogP) is 2.70. The van der Waals surface area contributed by atoms with Gasteiger partial charge in [-0.3, -0.25) is 0 Å². The summed E-state index contributed by atoms with van der Waals surface area (Å²) in [6, 6.07) is 0. The second-order valence-corrected chi connectivity index (χ2v) is 18.1. The second-order valence-electron chi connectivity index (χ2n) is 5.17. The SMILES string of the molecule is C[Si](C)(C)C([Si-])[Si](C)(C)C. The maximum atomic E-state index is 3.89. The lowest BCUT2D eigenvalue weighted by Crippen LogP contribution is -2.43. The molecule has 2 radical (unpaired) electrons. The molecule has 0 rings (SSSR count). The minimum absolute atomic E-state index is 0.847. The van der Waals surface area contributed by atoms with E-state index in [1.54, 1.807) is 0 Å². The summed E-state index contributed by atoms with van der Waals surface area (Å²) in [5.41, 5.74) is 0. The molecule has 0 nitrogen and oxygen atoms in total. The minimum atomic E-state index is -0.921. The molecule has 0 bridgehead atoms. The van der Waals surface area contributed by atoms with Crippen LogP contribution in [-0.4, -0.2) is 26.4 Å². The van der Waals surface area contributed by atoms with Crippen LogP contribution in [0.3, 0.4) is 0 Å². The highest BCUT2D eigenvalue weighted by Crippen LogP contribution is 2.28. The third-order valence-corrected chi connectivity index (χ3v) is 15.6. The summed E-state index contributed by atoms with van der Waals surface area (Å²) < 4.78 is 0. The van der Waals surface area contributed by atoms with Crippen LogP contribution in [0.1, 0.15) is 0 Å². The molecule has 0 atom stereocenters. The van der Waals surface area contributed by atoms with Crippen molar-refractivity contribution in [2.45, 2.75) is 44.1 Å². The van der Waals surface area contributed by atoms with Crippen molar-refractivity contribution in [1.82, 2.24) is 0 Å². The summed E-state index contributed by atoms with van der Waals surface area (Å²) in [5, 5.41) is 0. The standard InChI is InChI=1S/C7H19Si3/c1-9(2,3)7(8)10(4,5)6/h7H,1-6H3/q-1. The van der Waals surface area contributed by atoms with Crippen molar-refractivity contribution in [3.05, 3.63) is 0 Å². The van der Waals surface area contributed by atoms with Gasteiger partial charge in [-0.1, -0.05) is 39.3 Å². The zero-order chi connectivity index (χ0) is 8.58. The topological polar surface area (TPSA) is 0 Å². The van der Waals surface area contributed by atoms with E-state index >= 15 is 0 Å². The Bertz CT molecular complexity index is 93.0. The first-order valence-electron chi connectivity index (χ1n) is 3.87. The number of hydrogen-bond donors (Lipinski definition) is 0. The van der Waals surface area contributed by atoms with E-state index in [2.05, 4.69) is 49.5 Å². The minimum Gasteiger partial charge on any atom is -0.676 e. The van der Waals surface area contributed by atoms with E-state index in [0.29, 0.717) is 0 Å². The van der Waals surface area contributed by atoms with E-state index in [0.717, 1.165) is 4.79 Å². The van der Waals surface area contributed by atoms with Gasteiger partial charge >= 0.3 is 0 Å². The van der Waals surface area contributed by atoms with Crippen molar-refractivity contribution >= 4 is 26.4 Å². The van der Waals surface area contributed by atoms with Gasteiger partial charge in [-0.05, 0) is 0 Å². The van der Waals surface area contributed by atoms with Crippen LogP contribution >= 0.6 is 0 Å². The van der Waals surface area contributed by atoms with Crippen molar-refractivity contribution in [3.8, 4) is 0 Å². The molecule has 10 heavy (non-hydrogen) atoms. The van der Waals surface area contributed by atoms with Gasteiger partial charge in [0.2, 0.25) is 0 Å². The van der Waals surface area contributed by atoms with E-state index in [4.69, 9.17) is 0 Å². The fraction of sp³-hybridized carbons (Fsp3) is 1.00. The molecule has 0 fully saturated rings. The molecule has 0 aromatic rings. The van der Waals surface area contributed by atoms with Crippen molar-refractivity contribution in [2.24, 2.45) is 0 Å². The summed E-state index contributed by atoms with van der Waals surface area (Å²) in [4.78, 5) is 0.847. The largest absolute Gasteiger partial charge is 0.676 e. The van der Waals surface area contributed by atoms with Gasteiger partial charge < -0.3 is 10.2 Å². The molecule has 0 aromatic carbocycles. The van der Waals surface area contributed by atoms with Crippen LogP contribution in [0.25, 0.3) is 0 Å². The summed E-state index contributed by atoms with van der Waals surface area (Å²) in [7, 11) is 2.05. The van der Waals surface area contributed by atoms with E-state index in [-0.39, 0.29) is 0 Å². The first-order valence-corrected chi connectivity index (χ1v) is 11.6. The van der Waals surface area contributed by atoms with Gasteiger partial charge in [0.25, 0.3) is 0 Å². The Morgan fingerprint density at radius 3 is 1.00 bits per heavy atom. The third-order valence-electron chi connectivity index (χ3n) is 1.73. The number of hydrogen-bond acceptors (Lipinski definition) is 0. The zero-order valence-corrected chi connectivity index (χ0v) is 11.1. The van der Waals surface area contributed by atoms with E-state index in [9.17, 15) is 0 Å². The number of rotatable bonds is 2. The predicted molar refractivity (Wildman–Crippen MR) is 56.2 cm³/mol. The summed E-state index contributed by atoms with van der Waals surface area (Å²) in [5.74, 6) is 0. The average molecular weight is 187 g/mol. The van der Waals surface area contributed by atoms with Crippen LogP contribution in [-0.2, 0) is 0 Å². The third kappa shape index (κ3) is 3.16. The van der Waals surface area contributed by atoms with Crippen molar-refractivity contribution < 1.29 is 0 Å². The quantitative estimate of drug-likeness (QED) is 0.583. The summed E-state index contributed by atoms with van der Waals surface area (Å²) in [6.07, 6.45) is 0. The first-order chi connectivity index (χ1) is 4.15. The lowest BCUT2D eigenvalue weighted by atomic mass is 11.7. The highest BCUT2D eigenvalue weighted by atomic mass is 28.4. The molecule has 0 aliphatic carbocycles. The Morgan fingerprint density at radius 2 is 1.00 bits per heavy atom. The van der Waals surface area contributed by atoms with Gasteiger partial charge in [0.1, 0.15) is 0 Å². The van der Waals surface area contributed by atoms with Gasteiger partial charge in [-0.2, -0.15) is 0 Å². The van der Waals surface area contributed by atoms with Crippen molar-refractivity contribution in [3.63, 3.8) is 0 Å². The smallest absolute Gasteiger partial charge is 0.00697 e. The van der Waals surface area contributed by atoms with E-state index < -0.39 is 16.1 Å². The van der Waals surface area contributed by atoms with Crippen LogP contribution < -0.4 is 0 Å². The monoisotopic (exact) mass is 187 g/mol. The lowest BCUT2D eigenvalue weighted by molar-refractivity contribution is 1.43. The fourth-order valence-corrected chi connectivity index (χ4v) is 11.7. The molecule has 0 spiro atoms. The van der Waals surface area contributed by atoms with Crippen molar-refractivity contribution in [2.75, 3.05) is 0 Å². The fourth-order valence-electron chi connectivity index (χ4n) is 1.30. The van der Waals surface area contributed by atoms with Crippen LogP contribution in [0.15, 0.2) is 0 Å². The van der Waals surface area contributed by atoms with Gasteiger partial charge in [0, 0.05) is 16.1 Å². The molecule has 0 saturated carbocycles. The molecule has 0 aromatic heterocycles.